The molecule has 0 fully saturated rings. The molecule has 80 valence electrons. The van der Waals surface area contributed by atoms with Crippen LogP contribution in [-0.2, 0) is 0 Å². The molecule has 0 aromatic carbocycles. The molecule has 0 aliphatic rings. The summed E-state index contributed by atoms with van der Waals surface area (Å²) in [6.07, 6.45) is 3.14. The second-order valence-corrected chi connectivity index (χ2v) is 3.37. The van der Waals surface area contributed by atoms with E-state index in [1.807, 2.05) is 6.92 Å². The Labute approximate surface area is 94.1 Å². The van der Waals surface area contributed by atoms with E-state index in [4.69, 9.17) is 12.2 Å². The van der Waals surface area contributed by atoms with Crippen molar-refractivity contribution >= 4 is 23.1 Å². The van der Waals surface area contributed by atoms with E-state index < -0.39 is 0 Å². The summed E-state index contributed by atoms with van der Waals surface area (Å²) in [4.78, 5) is 16.0. The van der Waals surface area contributed by atoms with Gasteiger partial charge in [-0.25, -0.2) is 0 Å². The monoisotopic (exact) mass is 223 g/mol. The van der Waals surface area contributed by atoms with Gasteiger partial charge in [-0.2, -0.15) is 0 Å². The number of nitrogens with one attached hydrogen (secondary N) is 2. The number of rotatable bonds is 4. The molecule has 5 heteroatoms. The van der Waals surface area contributed by atoms with Crippen LogP contribution in [-0.4, -0.2) is 29.0 Å². The molecule has 0 saturated heterocycles. The Balaban J connectivity index is 2.40. The molecule has 0 radical (unpaired) electrons. The largest absolute Gasteiger partial charge is 0.378 e. The average Bonchev–Trinajstić information content (AvgIpc) is 2.27. The molecule has 0 aliphatic carbocycles. The fourth-order valence-electron chi connectivity index (χ4n) is 1.02. The van der Waals surface area contributed by atoms with Crippen molar-refractivity contribution in [3.05, 3.63) is 30.1 Å². The van der Waals surface area contributed by atoms with E-state index in [-0.39, 0.29) is 5.91 Å². The van der Waals surface area contributed by atoms with Crippen LogP contribution in [0.15, 0.2) is 24.5 Å². The molecular weight excluding hydrogens is 210 g/mol. The lowest BCUT2D eigenvalue weighted by Gasteiger charge is -2.06. The summed E-state index contributed by atoms with van der Waals surface area (Å²) in [5.74, 6) is -0.164. The molecular formula is C10H13N3OS. The first kappa shape index (κ1) is 11.6. The Morgan fingerprint density at radius 3 is 2.93 bits per heavy atom. The minimum atomic E-state index is -0.164. The zero-order valence-corrected chi connectivity index (χ0v) is 9.30. The zero-order valence-electron chi connectivity index (χ0n) is 8.49. The number of thiocarbonyl (C=S) groups is 1. The van der Waals surface area contributed by atoms with Gasteiger partial charge in [0.1, 0.15) is 0 Å². The number of carbonyl (C=O) groups is 1. The Bertz CT molecular complexity index is 340. The molecule has 0 spiro atoms. The second kappa shape index (κ2) is 6.08. The molecule has 1 aromatic heterocycles. The van der Waals surface area contributed by atoms with Gasteiger partial charge in [0.25, 0.3) is 5.91 Å². The van der Waals surface area contributed by atoms with Gasteiger partial charge < -0.3 is 10.6 Å². The SMILES string of the molecule is CCNC(=S)CNC(=O)c1cccnc1. The van der Waals surface area contributed by atoms with Gasteiger partial charge in [0.05, 0.1) is 17.1 Å². The van der Waals surface area contributed by atoms with Crippen molar-refractivity contribution in [2.45, 2.75) is 6.92 Å². The average molecular weight is 223 g/mol. The molecule has 0 atom stereocenters. The van der Waals surface area contributed by atoms with Gasteiger partial charge in [-0.1, -0.05) is 12.2 Å². The third-order valence-electron chi connectivity index (χ3n) is 1.71. The molecule has 0 aliphatic heterocycles. The van der Waals surface area contributed by atoms with E-state index in [2.05, 4.69) is 15.6 Å². The minimum absolute atomic E-state index is 0.164. The van der Waals surface area contributed by atoms with Crippen LogP contribution in [0.1, 0.15) is 17.3 Å². The summed E-state index contributed by atoms with van der Waals surface area (Å²) in [5, 5.41) is 5.65. The third kappa shape index (κ3) is 4.03. The highest BCUT2D eigenvalue weighted by Crippen LogP contribution is 1.94. The molecule has 15 heavy (non-hydrogen) atoms. The summed E-state index contributed by atoms with van der Waals surface area (Å²) >= 11 is 4.98. The molecule has 4 nitrogen and oxygen atoms in total. The number of nitrogens with zero attached hydrogens (tertiary/aromatic N) is 1. The number of likely N-dealkylation sites (N-methyl/N-ethyl adjacent to an activating group) is 1. The fourth-order valence-corrected chi connectivity index (χ4v) is 1.24. The highest BCUT2D eigenvalue weighted by molar-refractivity contribution is 7.80. The Morgan fingerprint density at radius 1 is 1.53 bits per heavy atom. The van der Waals surface area contributed by atoms with Crippen LogP contribution in [0, 0.1) is 0 Å². The topological polar surface area (TPSA) is 54.0 Å². The van der Waals surface area contributed by atoms with E-state index in [0.29, 0.717) is 17.1 Å². The van der Waals surface area contributed by atoms with Gasteiger partial charge in [0.15, 0.2) is 0 Å². The van der Waals surface area contributed by atoms with E-state index in [9.17, 15) is 4.79 Å². The number of aromatic nitrogens is 1. The van der Waals surface area contributed by atoms with Crippen molar-refractivity contribution in [1.82, 2.24) is 15.6 Å². The van der Waals surface area contributed by atoms with Crippen LogP contribution < -0.4 is 10.6 Å². The molecule has 0 bridgehead atoms. The van der Waals surface area contributed by atoms with Crippen molar-refractivity contribution in [2.75, 3.05) is 13.1 Å². The number of carbonyl (C=O) groups excluding carboxylic acids is 1. The van der Waals surface area contributed by atoms with Gasteiger partial charge >= 0.3 is 0 Å². The summed E-state index contributed by atoms with van der Waals surface area (Å²) in [6, 6.07) is 3.43. The lowest BCUT2D eigenvalue weighted by atomic mass is 10.3. The van der Waals surface area contributed by atoms with Crippen LogP contribution in [0.5, 0.6) is 0 Å². The summed E-state index contributed by atoms with van der Waals surface area (Å²) in [6.45, 7) is 3.08. The van der Waals surface area contributed by atoms with Gasteiger partial charge in [-0.3, -0.25) is 9.78 Å². The Kier molecular flexibility index (Phi) is 4.70. The lowest BCUT2D eigenvalue weighted by Crippen LogP contribution is -2.35. The number of hydrogen-bond donors (Lipinski definition) is 2. The van der Waals surface area contributed by atoms with Gasteiger partial charge in [0.2, 0.25) is 0 Å². The molecule has 1 aromatic rings. The van der Waals surface area contributed by atoms with Crippen molar-refractivity contribution in [1.29, 1.82) is 0 Å². The molecule has 1 amide bonds. The fraction of sp³-hybridized carbons (Fsp3) is 0.300. The minimum Gasteiger partial charge on any atom is -0.378 e. The number of pyridine rings is 1. The van der Waals surface area contributed by atoms with Gasteiger partial charge in [-0.15, -0.1) is 0 Å². The van der Waals surface area contributed by atoms with Crippen LogP contribution in [0.25, 0.3) is 0 Å². The van der Waals surface area contributed by atoms with Crippen molar-refractivity contribution < 1.29 is 4.79 Å². The maximum absolute atomic E-state index is 11.5. The highest BCUT2D eigenvalue weighted by Gasteiger charge is 2.04. The van der Waals surface area contributed by atoms with Gasteiger partial charge in [0, 0.05) is 18.9 Å². The summed E-state index contributed by atoms with van der Waals surface area (Å²) < 4.78 is 0. The Hall–Kier alpha value is -1.49. The van der Waals surface area contributed by atoms with Crippen LogP contribution in [0.3, 0.4) is 0 Å². The second-order valence-electron chi connectivity index (χ2n) is 2.88. The maximum atomic E-state index is 11.5. The van der Waals surface area contributed by atoms with Crippen LogP contribution in [0.4, 0.5) is 0 Å². The van der Waals surface area contributed by atoms with Crippen molar-refractivity contribution in [3.63, 3.8) is 0 Å². The van der Waals surface area contributed by atoms with E-state index in [1.165, 1.54) is 6.20 Å². The zero-order chi connectivity index (χ0) is 11.1. The van der Waals surface area contributed by atoms with Crippen molar-refractivity contribution in [2.24, 2.45) is 0 Å². The van der Waals surface area contributed by atoms with Crippen molar-refractivity contribution in [3.8, 4) is 0 Å². The first-order valence-corrected chi connectivity index (χ1v) is 5.09. The summed E-state index contributed by atoms with van der Waals surface area (Å²) in [5.41, 5.74) is 0.539. The van der Waals surface area contributed by atoms with Gasteiger partial charge in [-0.05, 0) is 19.1 Å². The van der Waals surface area contributed by atoms with E-state index in [0.717, 1.165) is 6.54 Å². The summed E-state index contributed by atoms with van der Waals surface area (Å²) in [7, 11) is 0. The van der Waals surface area contributed by atoms with Crippen LogP contribution in [0.2, 0.25) is 0 Å². The highest BCUT2D eigenvalue weighted by atomic mass is 32.1. The molecule has 0 saturated carbocycles. The van der Waals surface area contributed by atoms with E-state index in [1.54, 1.807) is 18.3 Å². The smallest absolute Gasteiger partial charge is 0.253 e. The predicted octanol–water partition coefficient (Wildman–Crippen LogP) is 0.748. The predicted molar refractivity (Wildman–Crippen MR) is 62.8 cm³/mol. The quantitative estimate of drug-likeness (QED) is 0.740. The maximum Gasteiger partial charge on any atom is 0.253 e. The molecule has 1 heterocycles. The van der Waals surface area contributed by atoms with Crippen LogP contribution >= 0.6 is 12.2 Å². The number of hydrogen-bond acceptors (Lipinski definition) is 3. The Morgan fingerprint density at radius 2 is 2.33 bits per heavy atom. The first-order chi connectivity index (χ1) is 7.24. The lowest BCUT2D eigenvalue weighted by molar-refractivity contribution is 0.0959. The first-order valence-electron chi connectivity index (χ1n) is 4.69. The van der Waals surface area contributed by atoms with E-state index >= 15 is 0 Å². The normalized spacial score (nSPS) is 9.40. The number of amides is 1. The molecule has 2 N–H and O–H groups in total. The molecule has 1 rings (SSSR count). The third-order valence-corrected chi connectivity index (χ3v) is 2.00. The standard InChI is InChI=1S/C10H13N3OS/c1-2-12-9(15)7-13-10(14)8-4-3-5-11-6-8/h3-6H,2,7H2,1H3,(H,12,15)(H,13,14). The molecule has 0 unspecified atom stereocenters.